The van der Waals surface area contributed by atoms with Gasteiger partial charge in [-0.15, -0.1) is 6.42 Å². The van der Waals surface area contributed by atoms with Gasteiger partial charge >= 0.3 is 0 Å². The van der Waals surface area contributed by atoms with E-state index >= 15 is 0 Å². The van der Waals surface area contributed by atoms with E-state index in [9.17, 15) is 5.11 Å². The van der Waals surface area contributed by atoms with Gasteiger partial charge in [0.15, 0.2) is 5.60 Å². The van der Waals surface area contributed by atoms with Gasteiger partial charge in [-0.2, -0.15) is 0 Å². The van der Waals surface area contributed by atoms with Gasteiger partial charge < -0.3 is 14.9 Å². The summed E-state index contributed by atoms with van der Waals surface area (Å²) in [4.78, 5) is 0. The van der Waals surface area contributed by atoms with Crippen LogP contribution in [-0.4, -0.2) is 34.6 Å². The lowest BCUT2D eigenvalue weighted by atomic mass is 9.99. The van der Waals surface area contributed by atoms with Gasteiger partial charge in [-0.25, -0.2) is 0 Å². The van der Waals surface area contributed by atoms with Crippen molar-refractivity contribution >= 4 is 0 Å². The van der Waals surface area contributed by atoms with Gasteiger partial charge in [0.2, 0.25) is 0 Å². The molecule has 3 heteroatoms. The molecule has 62 valence electrons. The van der Waals surface area contributed by atoms with E-state index in [2.05, 4.69) is 5.92 Å². The van der Waals surface area contributed by atoms with Crippen LogP contribution in [0.25, 0.3) is 0 Å². The van der Waals surface area contributed by atoms with Crippen LogP contribution in [-0.2, 0) is 4.74 Å². The molecule has 0 unspecified atom stereocenters. The molecule has 0 aromatic rings. The van der Waals surface area contributed by atoms with E-state index in [0.29, 0.717) is 6.42 Å². The second kappa shape index (κ2) is 2.82. The highest BCUT2D eigenvalue weighted by molar-refractivity contribution is 5.15. The fourth-order valence-electron chi connectivity index (χ4n) is 1.31. The Balaban J connectivity index is 2.78. The van der Waals surface area contributed by atoms with Crippen molar-refractivity contribution in [3.8, 4) is 12.3 Å². The maximum absolute atomic E-state index is 9.38. The molecule has 1 rings (SSSR count). The van der Waals surface area contributed by atoms with Crippen molar-refractivity contribution in [2.24, 2.45) is 0 Å². The third-order valence-corrected chi connectivity index (χ3v) is 1.98. The molecular formula is C8H12O3. The van der Waals surface area contributed by atoms with Crippen LogP contribution in [0, 0.1) is 12.3 Å². The maximum Gasteiger partial charge on any atom is 0.177 e. The Kier molecular flexibility index (Phi) is 2.19. The van der Waals surface area contributed by atoms with E-state index in [1.54, 1.807) is 0 Å². The first kappa shape index (κ1) is 8.54. The number of ether oxygens (including phenoxy) is 1. The first-order chi connectivity index (χ1) is 5.14. The van der Waals surface area contributed by atoms with Crippen molar-refractivity contribution in [2.45, 2.75) is 31.2 Å². The summed E-state index contributed by atoms with van der Waals surface area (Å²) in [5, 5.41) is 18.3. The van der Waals surface area contributed by atoms with Crippen molar-refractivity contribution in [3.05, 3.63) is 0 Å². The van der Waals surface area contributed by atoms with E-state index in [1.165, 1.54) is 0 Å². The Morgan fingerprint density at radius 2 is 2.45 bits per heavy atom. The van der Waals surface area contributed by atoms with Crippen LogP contribution in [0.2, 0.25) is 0 Å². The molecule has 1 fully saturated rings. The predicted octanol–water partition coefficient (Wildman–Crippen LogP) is -0.480. The first-order valence-corrected chi connectivity index (χ1v) is 3.59. The van der Waals surface area contributed by atoms with Crippen molar-refractivity contribution in [2.75, 3.05) is 6.61 Å². The number of rotatable bonds is 1. The molecule has 0 spiro atoms. The van der Waals surface area contributed by atoms with Crippen LogP contribution in [0.4, 0.5) is 0 Å². The maximum atomic E-state index is 9.38. The Morgan fingerprint density at radius 3 is 2.64 bits per heavy atom. The Morgan fingerprint density at radius 1 is 1.82 bits per heavy atom. The number of aliphatic hydroxyl groups excluding tert-OH is 2. The van der Waals surface area contributed by atoms with E-state index in [1.807, 2.05) is 6.92 Å². The van der Waals surface area contributed by atoms with Crippen LogP contribution in [0.1, 0.15) is 13.3 Å². The highest BCUT2D eigenvalue weighted by Crippen LogP contribution is 2.29. The van der Waals surface area contributed by atoms with Gasteiger partial charge in [0.05, 0.1) is 18.8 Å². The Hall–Kier alpha value is -0.560. The highest BCUT2D eigenvalue weighted by atomic mass is 16.5. The van der Waals surface area contributed by atoms with Crippen LogP contribution in [0.15, 0.2) is 0 Å². The molecule has 3 atom stereocenters. The van der Waals surface area contributed by atoms with Gasteiger partial charge in [-0.1, -0.05) is 5.92 Å². The minimum atomic E-state index is -1.15. The minimum Gasteiger partial charge on any atom is -0.392 e. The summed E-state index contributed by atoms with van der Waals surface area (Å²) in [6, 6.07) is 0. The third kappa shape index (κ3) is 1.25. The topological polar surface area (TPSA) is 49.7 Å². The first-order valence-electron chi connectivity index (χ1n) is 3.59. The molecule has 0 amide bonds. The molecule has 1 heterocycles. The summed E-state index contributed by atoms with van der Waals surface area (Å²) in [6.45, 7) is 1.49. The predicted molar refractivity (Wildman–Crippen MR) is 39.8 cm³/mol. The highest BCUT2D eigenvalue weighted by Gasteiger charge is 2.44. The normalized spacial score (nSPS) is 43.8. The molecule has 1 aliphatic rings. The molecular weight excluding hydrogens is 144 g/mol. The van der Waals surface area contributed by atoms with Gasteiger partial charge in [0.25, 0.3) is 0 Å². The van der Waals surface area contributed by atoms with Crippen molar-refractivity contribution in [3.63, 3.8) is 0 Å². The molecule has 0 aliphatic carbocycles. The molecule has 0 aromatic heterocycles. The zero-order valence-electron chi connectivity index (χ0n) is 6.45. The monoisotopic (exact) mass is 156 g/mol. The fraction of sp³-hybridized carbons (Fsp3) is 0.750. The molecule has 11 heavy (non-hydrogen) atoms. The molecule has 1 aliphatic heterocycles. The van der Waals surface area contributed by atoms with Crippen molar-refractivity contribution in [1.82, 2.24) is 0 Å². The second-order valence-electron chi connectivity index (χ2n) is 2.87. The third-order valence-electron chi connectivity index (χ3n) is 1.98. The van der Waals surface area contributed by atoms with Gasteiger partial charge in [-0.05, 0) is 6.92 Å². The zero-order valence-corrected chi connectivity index (χ0v) is 6.45. The Bertz CT molecular complexity index is 184. The smallest absolute Gasteiger partial charge is 0.177 e. The largest absolute Gasteiger partial charge is 0.392 e. The van der Waals surface area contributed by atoms with Crippen LogP contribution >= 0.6 is 0 Å². The fourth-order valence-corrected chi connectivity index (χ4v) is 1.31. The molecule has 2 N–H and O–H groups in total. The molecule has 1 saturated heterocycles. The Labute approximate surface area is 66.0 Å². The number of hydrogen-bond acceptors (Lipinski definition) is 3. The SMILES string of the molecule is C#C[C@]1(CO)O[C@H](C)C[C@@H]1O. The van der Waals surface area contributed by atoms with E-state index in [-0.39, 0.29) is 12.7 Å². The summed E-state index contributed by atoms with van der Waals surface area (Å²) >= 11 is 0. The summed E-state index contributed by atoms with van der Waals surface area (Å²) in [6.07, 6.45) is 4.81. The molecule has 3 nitrogen and oxygen atoms in total. The number of terminal acetylenes is 1. The molecule has 0 bridgehead atoms. The average Bonchev–Trinajstić information content (AvgIpc) is 2.27. The second-order valence-corrected chi connectivity index (χ2v) is 2.87. The lowest BCUT2D eigenvalue weighted by Crippen LogP contribution is -2.41. The van der Waals surface area contributed by atoms with Crippen LogP contribution < -0.4 is 0 Å². The minimum absolute atomic E-state index is 0.0757. The van der Waals surface area contributed by atoms with E-state index in [4.69, 9.17) is 16.3 Å². The van der Waals surface area contributed by atoms with Crippen molar-refractivity contribution in [1.29, 1.82) is 0 Å². The summed E-state index contributed by atoms with van der Waals surface area (Å²) in [5.41, 5.74) is -1.15. The van der Waals surface area contributed by atoms with Gasteiger partial charge in [-0.3, -0.25) is 0 Å². The van der Waals surface area contributed by atoms with Gasteiger partial charge in [0, 0.05) is 6.42 Å². The zero-order chi connectivity index (χ0) is 8.48. The average molecular weight is 156 g/mol. The lowest BCUT2D eigenvalue weighted by molar-refractivity contribution is -0.0670. The standard InChI is InChI=1S/C8H12O3/c1-3-8(5-9)7(10)4-6(2)11-8/h1,6-7,9-10H,4-5H2,2H3/t6-,7+,8-/m1/s1. The van der Waals surface area contributed by atoms with Gasteiger partial charge in [0.1, 0.15) is 0 Å². The molecule has 0 saturated carbocycles. The van der Waals surface area contributed by atoms with Crippen LogP contribution in [0.3, 0.4) is 0 Å². The summed E-state index contributed by atoms with van der Waals surface area (Å²) in [5.74, 6) is 2.29. The summed E-state index contributed by atoms with van der Waals surface area (Å²) in [7, 11) is 0. The van der Waals surface area contributed by atoms with Crippen molar-refractivity contribution < 1.29 is 14.9 Å². The molecule has 0 radical (unpaired) electrons. The quantitative estimate of drug-likeness (QED) is 0.504. The van der Waals surface area contributed by atoms with Crippen LogP contribution in [0.5, 0.6) is 0 Å². The van der Waals surface area contributed by atoms with E-state index < -0.39 is 11.7 Å². The summed E-state index contributed by atoms with van der Waals surface area (Å²) < 4.78 is 5.22. The molecule has 0 aromatic carbocycles. The number of hydrogen-bond donors (Lipinski definition) is 2. The lowest BCUT2D eigenvalue weighted by Gasteiger charge is -2.23. The van der Waals surface area contributed by atoms with E-state index in [0.717, 1.165) is 0 Å². The number of aliphatic hydroxyl groups is 2.